The van der Waals surface area contributed by atoms with E-state index in [1.807, 2.05) is 0 Å². The van der Waals surface area contributed by atoms with Gasteiger partial charge >= 0.3 is 0 Å². The number of hydrogen-bond donors (Lipinski definition) is 1. The molecule has 2 amide bonds. The minimum absolute atomic E-state index is 0.00837. The van der Waals surface area contributed by atoms with Gasteiger partial charge in [-0.1, -0.05) is 0 Å². The summed E-state index contributed by atoms with van der Waals surface area (Å²) in [7, 11) is 0. The second-order valence-corrected chi connectivity index (χ2v) is 5.70. The highest BCUT2D eigenvalue weighted by atomic mass is 19.1. The molecule has 2 N–H and O–H groups in total. The summed E-state index contributed by atoms with van der Waals surface area (Å²) in [5.74, 6) is -1.76. The predicted octanol–water partition coefficient (Wildman–Crippen LogP) is 0.879. The Morgan fingerprint density at radius 2 is 2.00 bits per heavy atom. The molecule has 2 aromatic rings. The van der Waals surface area contributed by atoms with Crippen LogP contribution in [-0.2, 0) is 4.79 Å². The Morgan fingerprint density at radius 3 is 2.64 bits per heavy atom. The maximum absolute atomic E-state index is 13.2. The molecule has 0 unspecified atom stereocenters. The van der Waals surface area contributed by atoms with Crippen molar-refractivity contribution in [3.8, 4) is 0 Å². The van der Waals surface area contributed by atoms with Gasteiger partial charge in [0.05, 0.1) is 10.8 Å². The third kappa shape index (κ3) is 2.14. The molecule has 0 saturated carbocycles. The molecule has 22 heavy (non-hydrogen) atoms. The number of rotatable bonds is 2. The summed E-state index contributed by atoms with van der Waals surface area (Å²) in [6.07, 6.45) is 0. The Hall–Kier alpha value is -2.70. The molecule has 1 aromatic heterocycles. The summed E-state index contributed by atoms with van der Waals surface area (Å²) in [5, 5.41) is 0.198. The van der Waals surface area contributed by atoms with E-state index < -0.39 is 28.5 Å². The monoisotopic (exact) mass is 304 g/mol. The average Bonchev–Trinajstić information content (AvgIpc) is 2.42. The minimum Gasteiger partial charge on any atom is -0.451 e. The number of primary amides is 1. The normalized spacial score (nSPS) is 16.4. The van der Waals surface area contributed by atoms with Crippen LogP contribution in [0.25, 0.3) is 11.0 Å². The van der Waals surface area contributed by atoms with Gasteiger partial charge in [-0.05, 0) is 19.1 Å². The predicted molar refractivity (Wildman–Crippen MR) is 75.6 cm³/mol. The largest absolute Gasteiger partial charge is 0.451 e. The number of carbonyl (C=O) groups is 2. The number of nitrogens with two attached hydrogens (primary N) is 1. The molecule has 1 aromatic carbocycles. The fraction of sp³-hybridized carbons (Fsp3) is 0.267. The molecule has 1 fully saturated rings. The van der Waals surface area contributed by atoms with E-state index in [4.69, 9.17) is 10.2 Å². The van der Waals surface area contributed by atoms with Crippen LogP contribution in [0.1, 0.15) is 17.5 Å². The average molecular weight is 304 g/mol. The van der Waals surface area contributed by atoms with E-state index in [2.05, 4.69) is 0 Å². The van der Waals surface area contributed by atoms with Crippen LogP contribution >= 0.6 is 0 Å². The summed E-state index contributed by atoms with van der Waals surface area (Å²) < 4.78 is 18.5. The molecule has 2 heterocycles. The Labute approximate surface area is 124 Å². The molecule has 0 radical (unpaired) electrons. The molecular formula is C15H13FN2O4. The van der Waals surface area contributed by atoms with Gasteiger partial charge < -0.3 is 15.1 Å². The number of halogens is 1. The smallest absolute Gasteiger partial charge is 0.289 e. The second kappa shape index (κ2) is 4.66. The van der Waals surface area contributed by atoms with E-state index in [1.54, 1.807) is 6.92 Å². The van der Waals surface area contributed by atoms with Crippen LogP contribution in [0.5, 0.6) is 0 Å². The number of likely N-dealkylation sites (tertiary alicyclic amines) is 1. The Bertz CT molecular complexity index is 852. The summed E-state index contributed by atoms with van der Waals surface area (Å²) in [6, 6.07) is 4.58. The summed E-state index contributed by atoms with van der Waals surface area (Å²) >= 11 is 0. The lowest BCUT2D eigenvalue weighted by Gasteiger charge is -2.45. The first-order valence-corrected chi connectivity index (χ1v) is 6.63. The van der Waals surface area contributed by atoms with Gasteiger partial charge in [0.2, 0.25) is 5.91 Å². The van der Waals surface area contributed by atoms with Gasteiger partial charge in [-0.2, -0.15) is 0 Å². The standard InChI is InChI=1S/C15H13FN2O4/c1-15(14(17)21)6-18(7-15)13(20)12-5-10(19)9-3-2-8(16)4-11(9)22-12/h2-5H,6-7H2,1H3,(H2,17,21). The van der Waals surface area contributed by atoms with Gasteiger partial charge in [-0.3, -0.25) is 14.4 Å². The van der Waals surface area contributed by atoms with Crippen LogP contribution in [0.4, 0.5) is 4.39 Å². The molecule has 1 aliphatic heterocycles. The Morgan fingerprint density at radius 1 is 1.32 bits per heavy atom. The van der Waals surface area contributed by atoms with Crippen LogP contribution in [0.15, 0.2) is 33.5 Å². The van der Waals surface area contributed by atoms with Gasteiger partial charge in [-0.25, -0.2) is 4.39 Å². The molecule has 7 heteroatoms. The lowest BCUT2D eigenvalue weighted by Crippen LogP contribution is -2.62. The molecule has 114 valence electrons. The highest BCUT2D eigenvalue weighted by Gasteiger charge is 2.46. The zero-order valence-corrected chi connectivity index (χ0v) is 11.8. The van der Waals surface area contributed by atoms with Crippen molar-refractivity contribution >= 4 is 22.8 Å². The fourth-order valence-electron chi connectivity index (χ4n) is 2.49. The maximum atomic E-state index is 13.2. The van der Waals surface area contributed by atoms with E-state index >= 15 is 0 Å². The van der Waals surface area contributed by atoms with Crippen molar-refractivity contribution in [1.29, 1.82) is 0 Å². The number of hydrogen-bond acceptors (Lipinski definition) is 4. The molecule has 0 atom stereocenters. The number of carbonyl (C=O) groups excluding carboxylic acids is 2. The van der Waals surface area contributed by atoms with Crippen LogP contribution in [0.3, 0.4) is 0 Å². The molecular weight excluding hydrogens is 291 g/mol. The van der Waals surface area contributed by atoms with E-state index in [1.165, 1.54) is 11.0 Å². The Balaban J connectivity index is 1.93. The second-order valence-electron chi connectivity index (χ2n) is 5.70. The van der Waals surface area contributed by atoms with E-state index in [9.17, 15) is 18.8 Å². The van der Waals surface area contributed by atoms with Crippen molar-refractivity contribution in [2.45, 2.75) is 6.92 Å². The number of amides is 2. The first kappa shape index (κ1) is 14.2. The van der Waals surface area contributed by atoms with Crippen molar-refractivity contribution in [2.24, 2.45) is 11.1 Å². The minimum atomic E-state index is -0.765. The SMILES string of the molecule is CC1(C(N)=O)CN(C(=O)c2cc(=O)c3ccc(F)cc3o2)C1. The van der Waals surface area contributed by atoms with Gasteiger partial charge in [-0.15, -0.1) is 0 Å². The van der Waals surface area contributed by atoms with Crippen molar-refractivity contribution in [2.75, 3.05) is 13.1 Å². The zero-order chi connectivity index (χ0) is 16.1. The molecule has 6 nitrogen and oxygen atoms in total. The van der Waals surface area contributed by atoms with Crippen LogP contribution in [0.2, 0.25) is 0 Å². The first-order chi connectivity index (χ1) is 10.3. The highest BCUT2D eigenvalue weighted by Crippen LogP contribution is 2.30. The zero-order valence-electron chi connectivity index (χ0n) is 11.8. The van der Waals surface area contributed by atoms with Gasteiger partial charge in [0.15, 0.2) is 11.2 Å². The molecule has 1 aliphatic rings. The van der Waals surface area contributed by atoms with E-state index in [0.29, 0.717) is 0 Å². The van der Waals surface area contributed by atoms with Gasteiger partial charge in [0, 0.05) is 25.2 Å². The third-order valence-electron chi connectivity index (χ3n) is 3.86. The maximum Gasteiger partial charge on any atom is 0.289 e. The molecule has 0 spiro atoms. The number of nitrogens with zero attached hydrogens (tertiary/aromatic N) is 1. The van der Waals surface area contributed by atoms with Crippen molar-refractivity contribution in [3.63, 3.8) is 0 Å². The van der Waals surface area contributed by atoms with Crippen LogP contribution < -0.4 is 11.2 Å². The lowest BCUT2D eigenvalue weighted by atomic mass is 9.81. The fourth-order valence-corrected chi connectivity index (χ4v) is 2.49. The van der Waals surface area contributed by atoms with Crippen molar-refractivity contribution < 1.29 is 18.4 Å². The quantitative estimate of drug-likeness (QED) is 0.891. The topological polar surface area (TPSA) is 93.6 Å². The summed E-state index contributed by atoms with van der Waals surface area (Å²) in [4.78, 5) is 36.8. The van der Waals surface area contributed by atoms with Crippen LogP contribution in [0, 0.1) is 11.2 Å². The summed E-state index contributed by atoms with van der Waals surface area (Å²) in [5.41, 5.74) is 4.07. The molecule has 0 aliphatic carbocycles. The number of fused-ring (bicyclic) bond motifs is 1. The lowest BCUT2D eigenvalue weighted by molar-refractivity contribution is -0.134. The Kier molecular flexibility index (Phi) is 3.01. The first-order valence-electron chi connectivity index (χ1n) is 6.63. The highest BCUT2D eigenvalue weighted by molar-refractivity contribution is 5.95. The van der Waals surface area contributed by atoms with Gasteiger partial charge in [0.1, 0.15) is 11.4 Å². The molecule has 3 rings (SSSR count). The van der Waals surface area contributed by atoms with Crippen molar-refractivity contribution in [1.82, 2.24) is 4.90 Å². The molecule has 1 saturated heterocycles. The van der Waals surface area contributed by atoms with Crippen LogP contribution in [-0.4, -0.2) is 29.8 Å². The third-order valence-corrected chi connectivity index (χ3v) is 3.86. The van der Waals surface area contributed by atoms with Crippen molar-refractivity contribution in [3.05, 3.63) is 46.1 Å². The molecule has 0 bridgehead atoms. The van der Waals surface area contributed by atoms with E-state index in [-0.39, 0.29) is 29.8 Å². The number of benzene rings is 1. The van der Waals surface area contributed by atoms with Gasteiger partial charge in [0.25, 0.3) is 5.91 Å². The van der Waals surface area contributed by atoms with E-state index in [0.717, 1.165) is 18.2 Å². The summed E-state index contributed by atoms with van der Waals surface area (Å²) in [6.45, 7) is 1.98.